The number of ether oxygens (including phenoxy) is 2. The number of fused-ring (bicyclic) bond motifs is 2. The Balaban J connectivity index is 1.82. The van der Waals surface area contributed by atoms with E-state index in [0.717, 1.165) is 23.9 Å². The molecule has 3 unspecified atom stereocenters. The van der Waals surface area contributed by atoms with Crippen LogP contribution in [0.3, 0.4) is 0 Å². The Morgan fingerprint density at radius 1 is 1.26 bits per heavy atom. The van der Waals surface area contributed by atoms with Crippen molar-refractivity contribution in [1.29, 1.82) is 0 Å². The number of nitrogens with zero attached hydrogens (tertiary/aromatic N) is 4. The third-order valence-electron chi connectivity index (χ3n) is 4.64. The number of nitrogens with one attached hydrogen (secondary N) is 1. The zero-order valence-electron chi connectivity index (χ0n) is 17.2. The maximum absolute atomic E-state index is 12.4. The second-order valence-corrected chi connectivity index (χ2v) is 11.8. The number of H-pyrrole nitrogens is 1. The minimum absolute atomic E-state index is 0.329. The predicted molar refractivity (Wildman–Crippen MR) is 106 cm³/mol. The van der Waals surface area contributed by atoms with E-state index >= 15 is 0 Å². The normalized spacial score (nSPS) is 31.2. The minimum atomic E-state index is -5.36. The summed E-state index contributed by atoms with van der Waals surface area (Å²) in [5.41, 5.74) is 5.65. The first-order valence-electron chi connectivity index (χ1n) is 8.89. The van der Waals surface area contributed by atoms with Gasteiger partial charge in [-0.1, -0.05) is 5.11 Å². The topological polar surface area (TPSA) is 260 Å². The zero-order valence-corrected chi connectivity index (χ0v) is 19.9. The maximum Gasteiger partial charge on any atom is 0.492 e. The number of hydrogen-bond acceptors (Lipinski definition) is 13. The summed E-state index contributed by atoms with van der Waals surface area (Å²) < 4.78 is 70.0. The number of rotatable bonds is 11. The summed E-state index contributed by atoms with van der Waals surface area (Å²) in [6.45, 7) is -1.20. The van der Waals surface area contributed by atoms with Crippen LogP contribution in [0.15, 0.2) is 27.0 Å². The van der Waals surface area contributed by atoms with Crippen molar-refractivity contribution in [2.45, 2.75) is 24.0 Å². The van der Waals surface area contributed by atoms with Crippen LogP contribution in [-0.4, -0.2) is 64.5 Å². The average Bonchev–Trinajstić information content (AvgIpc) is 3.24. The smallest absolute Gasteiger partial charge is 0.370 e. The van der Waals surface area contributed by atoms with Crippen molar-refractivity contribution < 1.29 is 55.1 Å². The summed E-state index contributed by atoms with van der Waals surface area (Å²) in [5.74, 6) is 0. The predicted octanol–water partition coefficient (Wildman–Crippen LogP) is 0.533. The Labute approximate surface area is 188 Å². The molecule has 2 saturated heterocycles. The van der Waals surface area contributed by atoms with Crippen LogP contribution in [0.5, 0.6) is 0 Å². The second-order valence-electron chi connectivity index (χ2n) is 6.70. The van der Waals surface area contributed by atoms with Crippen LogP contribution in [0.25, 0.3) is 10.4 Å². The van der Waals surface area contributed by atoms with E-state index < -0.39 is 65.3 Å². The molecule has 0 aliphatic carbocycles. The molecule has 7 atom stereocenters. The lowest BCUT2D eigenvalue weighted by Gasteiger charge is -2.31. The Kier molecular flexibility index (Phi) is 7.73. The fourth-order valence-corrected chi connectivity index (χ4v) is 6.95. The van der Waals surface area contributed by atoms with Crippen LogP contribution in [0.1, 0.15) is 6.23 Å². The molecule has 1 aromatic rings. The highest BCUT2D eigenvalue weighted by molar-refractivity contribution is 7.67. The summed E-state index contributed by atoms with van der Waals surface area (Å²) in [5, 5.41) is 3.55. The van der Waals surface area contributed by atoms with Crippen LogP contribution in [0.4, 0.5) is 0 Å². The lowest BCUT2D eigenvalue weighted by atomic mass is 9.98. The molecule has 3 N–H and O–H groups in total. The number of phosphoric acid groups is 3. The third kappa shape index (κ3) is 5.58. The van der Waals surface area contributed by atoms with Crippen LogP contribution in [0, 0.1) is 0 Å². The first kappa shape index (κ1) is 26.9. The second kappa shape index (κ2) is 9.76. The van der Waals surface area contributed by atoms with Gasteiger partial charge in [-0.2, -0.15) is 8.62 Å². The largest absolute Gasteiger partial charge is 0.492 e. The van der Waals surface area contributed by atoms with Gasteiger partial charge in [0.15, 0.2) is 6.23 Å². The first-order chi connectivity index (χ1) is 15.8. The highest BCUT2D eigenvalue weighted by Gasteiger charge is 2.63. The van der Waals surface area contributed by atoms with Crippen LogP contribution in [0.2, 0.25) is 0 Å². The number of aromatic nitrogens is 2. The van der Waals surface area contributed by atoms with Crippen molar-refractivity contribution >= 4 is 23.5 Å². The van der Waals surface area contributed by atoms with Crippen LogP contribution < -0.4 is 11.2 Å². The number of hydrogen-bond donors (Lipinski definition) is 3. The fourth-order valence-electron chi connectivity index (χ4n) is 3.18. The third-order valence-corrected chi connectivity index (χ3v) is 9.26. The van der Waals surface area contributed by atoms with E-state index in [1.165, 1.54) is 0 Å². The lowest BCUT2D eigenvalue weighted by Crippen LogP contribution is -2.45. The highest BCUT2D eigenvalue weighted by atomic mass is 31.3. The summed E-state index contributed by atoms with van der Waals surface area (Å²) in [7, 11) is -14.1. The Morgan fingerprint density at radius 2 is 1.94 bits per heavy atom. The molecule has 2 fully saturated rings. The molecule has 0 saturated carbocycles. The van der Waals surface area contributed by atoms with Gasteiger partial charge in [-0.05, 0) is 5.53 Å². The van der Waals surface area contributed by atoms with Crippen molar-refractivity contribution in [2.75, 3.05) is 27.4 Å². The fraction of sp³-hybridized carbons (Fsp3) is 0.667. The molecule has 0 amide bonds. The molecule has 0 aromatic carbocycles. The van der Waals surface area contributed by atoms with E-state index in [-0.39, 0.29) is 6.61 Å². The summed E-state index contributed by atoms with van der Waals surface area (Å²) in [4.78, 5) is 47.4. The zero-order chi connectivity index (χ0) is 25.4. The van der Waals surface area contributed by atoms with Gasteiger partial charge >= 0.3 is 29.2 Å². The molecule has 2 aliphatic rings. The Bertz CT molecular complexity index is 1240. The average molecular weight is 549 g/mol. The van der Waals surface area contributed by atoms with Gasteiger partial charge in [0.25, 0.3) is 5.56 Å². The molecule has 0 radical (unpaired) electrons. The standard InChI is InChI=1S/C12H18N5O14P3/c1-25-32(20,21)30-34(24,26-2)31-33(22,23)28-6-12-5-27-8(9(12)15-16-13)10(29-12)17-4-3-7(18)14-11(17)19/h3-4,8-10H,5-6H2,1-2H3,(H,20,21)(H,22,23)(H,14,18,19)/t8-,9+,10-,12-,34?/m1/s1. The van der Waals surface area contributed by atoms with E-state index in [1.807, 2.05) is 4.98 Å². The van der Waals surface area contributed by atoms with Gasteiger partial charge in [-0.15, -0.1) is 0 Å². The molecule has 34 heavy (non-hydrogen) atoms. The maximum atomic E-state index is 12.4. The number of azide groups is 1. The molecule has 2 aliphatic heterocycles. The van der Waals surface area contributed by atoms with Crippen LogP contribution in [-0.2, 0) is 45.4 Å². The summed E-state index contributed by atoms with van der Waals surface area (Å²) >= 11 is 0. The van der Waals surface area contributed by atoms with Crippen molar-refractivity contribution in [2.24, 2.45) is 5.11 Å². The minimum Gasteiger partial charge on any atom is -0.370 e. The van der Waals surface area contributed by atoms with Gasteiger partial charge in [0.2, 0.25) is 0 Å². The monoisotopic (exact) mass is 549 g/mol. The molecule has 3 rings (SSSR count). The number of aromatic amines is 1. The van der Waals surface area contributed by atoms with E-state index in [1.54, 1.807) is 0 Å². The Morgan fingerprint density at radius 3 is 2.53 bits per heavy atom. The number of phosphoric ester groups is 2. The Hall–Kier alpha value is -1.68. The first-order valence-corrected chi connectivity index (χ1v) is 13.3. The summed E-state index contributed by atoms with van der Waals surface area (Å²) in [6, 6.07) is -0.154. The molecule has 19 nitrogen and oxygen atoms in total. The molecular formula is C12H18N5O14P3. The van der Waals surface area contributed by atoms with Crippen molar-refractivity contribution in [1.82, 2.24) is 9.55 Å². The molecule has 0 spiro atoms. The van der Waals surface area contributed by atoms with Crippen molar-refractivity contribution in [3.8, 4) is 0 Å². The molecular weight excluding hydrogens is 531 g/mol. The van der Waals surface area contributed by atoms with E-state index in [2.05, 4.69) is 27.7 Å². The van der Waals surface area contributed by atoms with Crippen molar-refractivity contribution in [3.63, 3.8) is 0 Å². The highest BCUT2D eigenvalue weighted by Crippen LogP contribution is 2.70. The molecule has 1 aromatic heterocycles. The van der Waals surface area contributed by atoms with E-state index in [0.29, 0.717) is 7.11 Å². The van der Waals surface area contributed by atoms with Crippen LogP contribution >= 0.6 is 23.5 Å². The molecule has 2 bridgehead atoms. The van der Waals surface area contributed by atoms with Gasteiger partial charge in [0, 0.05) is 31.4 Å². The van der Waals surface area contributed by atoms with Gasteiger partial charge in [0.1, 0.15) is 17.7 Å². The van der Waals surface area contributed by atoms with Crippen molar-refractivity contribution in [3.05, 3.63) is 43.5 Å². The SMILES string of the molecule is COP(=O)(O)OP(=O)(OC)OP(=O)(O)OC[C@@]12CO[C@@H]([C@H](n3ccc(=O)[nH]c3=O)O1)[C@@H]2N=[N+]=[N-]. The van der Waals surface area contributed by atoms with Gasteiger partial charge in [-0.25, -0.2) is 18.5 Å². The van der Waals surface area contributed by atoms with Gasteiger partial charge in [0.05, 0.1) is 13.2 Å². The molecule has 22 heteroatoms. The lowest BCUT2D eigenvalue weighted by molar-refractivity contribution is -0.183. The van der Waals surface area contributed by atoms with Gasteiger partial charge < -0.3 is 19.3 Å². The molecule has 190 valence electrons. The quantitative estimate of drug-likeness (QED) is 0.147. The van der Waals surface area contributed by atoms with E-state index in [9.17, 15) is 33.1 Å². The molecule has 3 heterocycles. The van der Waals surface area contributed by atoms with E-state index in [4.69, 9.17) is 19.5 Å². The van der Waals surface area contributed by atoms with Gasteiger partial charge in [-0.3, -0.25) is 27.9 Å². The summed E-state index contributed by atoms with van der Waals surface area (Å²) in [6.07, 6.45) is -1.18.